The molecule has 0 radical (unpaired) electrons. The molecule has 5 heteroatoms. The van der Waals surface area contributed by atoms with Crippen LogP contribution in [0.1, 0.15) is 28.4 Å². The number of halogens is 1. The summed E-state index contributed by atoms with van der Waals surface area (Å²) in [5, 5.41) is 3.84. The number of amides is 1. The number of hydrogen-bond acceptors (Lipinski definition) is 2. The van der Waals surface area contributed by atoms with E-state index in [1.54, 1.807) is 6.20 Å². The minimum atomic E-state index is -0.120. The fraction of sp³-hybridized carbons (Fsp3) is 0.200. The van der Waals surface area contributed by atoms with E-state index in [1.807, 2.05) is 47.9 Å². The molecule has 25 heavy (non-hydrogen) atoms. The summed E-state index contributed by atoms with van der Waals surface area (Å²) in [5.74, 6) is -0.120. The number of anilines is 1. The molecule has 1 amide bonds. The molecule has 0 aliphatic rings. The highest BCUT2D eigenvalue weighted by atomic mass is 79.9. The second kappa shape index (κ2) is 7.23. The minimum absolute atomic E-state index is 0.120. The van der Waals surface area contributed by atoms with Crippen molar-refractivity contribution in [3.05, 3.63) is 63.8 Å². The first-order valence-electron chi connectivity index (χ1n) is 8.15. The lowest BCUT2D eigenvalue weighted by molar-refractivity contribution is -0.116. The number of aryl methyl sites for hydroxylation is 2. The number of aromatic nitrogens is 1. The third-order valence-corrected chi connectivity index (χ3v) is 4.79. The molecule has 0 bridgehead atoms. The van der Waals surface area contributed by atoms with Crippen LogP contribution in [0.25, 0.3) is 10.9 Å². The maximum atomic E-state index is 12.5. The van der Waals surface area contributed by atoms with Gasteiger partial charge in [0, 0.05) is 27.3 Å². The zero-order chi connectivity index (χ0) is 18.0. The molecule has 1 aromatic heterocycles. The molecule has 0 fully saturated rings. The number of aldehydes is 1. The average molecular weight is 399 g/mol. The van der Waals surface area contributed by atoms with Crippen molar-refractivity contribution in [2.24, 2.45) is 0 Å². The van der Waals surface area contributed by atoms with Crippen molar-refractivity contribution in [1.82, 2.24) is 4.57 Å². The van der Waals surface area contributed by atoms with Gasteiger partial charge in [-0.05, 0) is 42.7 Å². The van der Waals surface area contributed by atoms with Gasteiger partial charge in [-0.3, -0.25) is 9.59 Å². The zero-order valence-electron chi connectivity index (χ0n) is 14.2. The predicted molar refractivity (Wildman–Crippen MR) is 104 cm³/mol. The Kier molecular flexibility index (Phi) is 5.04. The minimum Gasteiger partial charge on any atom is -0.337 e. The molecule has 0 spiro atoms. The van der Waals surface area contributed by atoms with E-state index in [0.29, 0.717) is 5.56 Å². The first-order valence-corrected chi connectivity index (χ1v) is 8.94. The van der Waals surface area contributed by atoms with Gasteiger partial charge in [-0.15, -0.1) is 0 Å². The molecule has 0 saturated carbocycles. The normalized spacial score (nSPS) is 10.8. The van der Waals surface area contributed by atoms with E-state index in [0.717, 1.165) is 44.9 Å². The topological polar surface area (TPSA) is 51.1 Å². The van der Waals surface area contributed by atoms with Gasteiger partial charge in [0.1, 0.15) is 6.54 Å². The Balaban J connectivity index is 1.92. The Morgan fingerprint density at radius 1 is 1.28 bits per heavy atom. The maximum Gasteiger partial charge on any atom is 0.244 e. The van der Waals surface area contributed by atoms with Gasteiger partial charge in [0.15, 0.2) is 6.29 Å². The highest BCUT2D eigenvalue weighted by Crippen LogP contribution is 2.25. The molecule has 3 rings (SSSR count). The number of fused-ring (bicyclic) bond motifs is 1. The second-order valence-electron chi connectivity index (χ2n) is 6.00. The van der Waals surface area contributed by atoms with Gasteiger partial charge in [-0.2, -0.15) is 0 Å². The lowest BCUT2D eigenvalue weighted by Gasteiger charge is -2.11. The highest BCUT2D eigenvalue weighted by Gasteiger charge is 2.14. The van der Waals surface area contributed by atoms with Gasteiger partial charge in [0.05, 0.1) is 5.52 Å². The van der Waals surface area contributed by atoms with Crippen molar-refractivity contribution in [2.75, 3.05) is 5.32 Å². The quantitative estimate of drug-likeness (QED) is 0.631. The largest absolute Gasteiger partial charge is 0.337 e. The SMILES string of the molecule is CCc1cccc2c(C=O)cn(CC(=O)Nc3ccc(Br)cc3C)c12. The van der Waals surface area contributed by atoms with E-state index < -0.39 is 0 Å². The third-order valence-electron chi connectivity index (χ3n) is 4.30. The number of para-hydroxylation sites is 1. The summed E-state index contributed by atoms with van der Waals surface area (Å²) in [7, 11) is 0. The fourth-order valence-electron chi connectivity index (χ4n) is 3.08. The van der Waals surface area contributed by atoms with Crippen molar-refractivity contribution in [3.63, 3.8) is 0 Å². The summed E-state index contributed by atoms with van der Waals surface area (Å²) in [6, 6.07) is 11.6. The summed E-state index contributed by atoms with van der Waals surface area (Å²) >= 11 is 3.42. The van der Waals surface area contributed by atoms with Crippen molar-refractivity contribution in [2.45, 2.75) is 26.8 Å². The molecular weight excluding hydrogens is 380 g/mol. The molecule has 3 aromatic rings. The number of carbonyl (C=O) groups is 2. The molecule has 2 aromatic carbocycles. The Hall–Kier alpha value is -2.40. The van der Waals surface area contributed by atoms with Crippen molar-refractivity contribution >= 4 is 44.7 Å². The highest BCUT2D eigenvalue weighted by molar-refractivity contribution is 9.10. The van der Waals surface area contributed by atoms with Crippen LogP contribution in [0.15, 0.2) is 47.1 Å². The first kappa shape index (κ1) is 17.4. The summed E-state index contributed by atoms with van der Waals surface area (Å²) in [6.07, 6.45) is 3.44. The lowest BCUT2D eigenvalue weighted by Crippen LogP contribution is -2.19. The van der Waals surface area contributed by atoms with Gasteiger partial charge in [0.2, 0.25) is 5.91 Å². The van der Waals surface area contributed by atoms with Gasteiger partial charge in [-0.25, -0.2) is 0 Å². The van der Waals surface area contributed by atoms with Gasteiger partial charge in [-0.1, -0.05) is 41.1 Å². The van der Waals surface area contributed by atoms with Crippen LogP contribution in [0.3, 0.4) is 0 Å². The van der Waals surface area contributed by atoms with Gasteiger partial charge in [0.25, 0.3) is 0 Å². The standard InChI is InChI=1S/C20H19BrN2O2/c1-3-14-5-4-6-17-15(12-24)10-23(20(14)17)11-19(25)22-18-8-7-16(21)9-13(18)2/h4-10,12H,3,11H2,1-2H3,(H,22,25). The summed E-state index contributed by atoms with van der Waals surface area (Å²) in [4.78, 5) is 23.9. The molecule has 0 atom stereocenters. The molecule has 0 aliphatic heterocycles. The Morgan fingerprint density at radius 2 is 2.08 bits per heavy atom. The predicted octanol–water partition coefficient (Wildman–Crippen LogP) is 4.73. The molecule has 0 unspecified atom stereocenters. The van der Waals surface area contributed by atoms with Crippen LogP contribution >= 0.6 is 15.9 Å². The number of nitrogens with one attached hydrogen (secondary N) is 1. The van der Waals surface area contributed by atoms with E-state index in [4.69, 9.17) is 0 Å². The van der Waals surface area contributed by atoms with E-state index in [2.05, 4.69) is 28.2 Å². The fourth-order valence-corrected chi connectivity index (χ4v) is 3.56. The average Bonchev–Trinajstić information content (AvgIpc) is 2.95. The van der Waals surface area contributed by atoms with E-state index in [9.17, 15) is 9.59 Å². The summed E-state index contributed by atoms with van der Waals surface area (Å²) < 4.78 is 2.84. The summed E-state index contributed by atoms with van der Waals surface area (Å²) in [5.41, 5.74) is 4.46. The Labute approximate surface area is 155 Å². The van der Waals surface area contributed by atoms with Gasteiger partial charge >= 0.3 is 0 Å². The number of nitrogens with zero attached hydrogens (tertiary/aromatic N) is 1. The summed E-state index contributed by atoms with van der Waals surface area (Å²) in [6.45, 7) is 4.18. The van der Waals surface area contributed by atoms with Crippen LogP contribution in [0, 0.1) is 6.92 Å². The van der Waals surface area contributed by atoms with Crippen molar-refractivity contribution in [1.29, 1.82) is 0 Å². The van der Waals surface area contributed by atoms with Gasteiger partial charge < -0.3 is 9.88 Å². The Bertz CT molecular complexity index is 960. The zero-order valence-corrected chi connectivity index (χ0v) is 15.8. The van der Waals surface area contributed by atoms with E-state index in [-0.39, 0.29) is 12.5 Å². The van der Waals surface area contributed by atoms with Crippen LogP contribution < -0.4 is 5.32 Å². The number of rotatable bonds is 5. The van der Waals surface area contributed by atoms with Crippen LogP contribution in [-0.4, -0.2) is 16.8 Å². The van der Waals surface area contributed by atoms with Crippen molar-refractivity contribution in [3.8, 4) is 0 Å². The first-order chi connectivity index (χ1) is 12.0. The molecular formula is C20H19BrN2O2. The molecule has 1 heterocycles. The van der Waals surface area contributed by atoms with E-state index >= 15 is 0 Å². The molecule has 128 valence electrons. The lowest BCUT2D eigenvalue weighted by atomic mass is 10.1. The number of benzene rings is 2. The molecule has 4 nitrogen and oxygen atoms in total. The number of carbonyl (C=O) groups excluding carboxylic acids is 2. The molecule has 1 N–H and O–H groups in total. The second-order valence-corrected chi connectivity index (χ2v) is 6.92. The van der Waals surface area contributed by atoms with E-state index in [1.165, 1.54) is 0 Å². The smallest absolute Gasteiger partial charge is 0.244 e. The van der Waals surface area contributed by atoms with Crippen molar-refractivity contribution < 1.29 is 9.59 Å². The van der Waals surface area contributed by atoms with Crippen LogP contribution in [-0.2, 0) is 17.8 Å². The van der Waals surface area contributed by atoms with Crippen LogP contribution in [0.2, 0.25) is 0 Å². The molecule has 0 aliphatic carbocycles. The number of hydrogen-bond donors (Lipinski definition) is 1. The monoisotopic (exact) mass is 398 g/mol. The Morgan fingerprint density at radius 3 is 2.76 bits per heavy atom. The van der Waals surface area contributed by atoms with Crippen LogP contribution in [0.4, 0.5) is 5.69 Å². The maximum absolute atomic E-state index is 12.5. The van der Waals surface area contributed by atoms with Crippen LogP contribution in [0.5, 0.6) is 0 Å². The molecule has 0 saturated heterocycles. The third kappa shape index (κ3) is 3.51.